The Bertz CT molecular complexity index is 699. The molecule has 104 valence electrons. The summed E-state index contributed by atoms with van der Waals surface area (Å²) in [6.45, 7) is 0.432. The Balaban J connectivity index is 1.96. The number of aromatic nitrogens is 1. The molecular formula is C16H14N4O. The van der Waals surface area contributed by atoms with Crippen LogP contribution in [-0.2, 0) is 6.42 Å². The van der Waals surface area contributed by atoms with Crippen LogP contribution in [0.2, 0.25) is 0 Å². The van der Waals surface area contributed by atoms with Crippen molar-refractivity contribution < 1.29 is 4.74 Å². The SMILES string of the molecule is N#Cc1cc(C#N)c(OCCCc2ccccc2)nc1N. The smallest absolute Gasteiger partial charge is 0.233 e. The maximum Gasteiger partial charge on any atom is 0.233 e. The van der Waals surface area contributed by atoms with Gasteiger partial charge in [-0.2, -0.15) is 15.5 Å². The van der Waals surface area contributed by atoms with Crippen LogP contribution in [0.15, 0.2) is 36.4 Å². The molecule has 1 heterocycles. The molecule has 0 bridgehead atoms. The second-order valence-corrected chi connectivity index (χ2v) is 4.44. The highest BCUT2D eigenvalue weighted by Crippen LogP contribution is 2.20. The fourth-order valence-corrected chi connectivity index (χ4v) is 1.88. The number of nitrogen functional groups attached to an aromatic ring is 1. The number of aryl methyl sites for hydroxylation is 1. The lowest BCUT2D eigenvalue weighted by Gasteiger charge is -2.08. The summed E-state index contributed by atoms with van der Waals surface area (Å²) in [5.74, 6) is 0.261. The van der Waals surface area contributed by atoms with Crippen LogP contribution < -0.4 is 10.5 Å². The van der Waals surface area contributed by atoms with E-state index in [-0.39, 0.29) is 22.8 Å². The minimum absolute atomic E-state index is 0.0783. The maximum absolute atomic E-state index is 9.04. The fourth-order valence-electron chi connectivity index (χ4n) is 1.88. The molecule has 5 nitrogen and oxygen atoms in total. The first kappa shape index (κ1) is 14.4. The monoisotopic (exact) mass is 278 g/mol. The lowest BCUT2D eigenvalue weighted by molar-refractivity contribution is 0.299. The first-order valence-electron chi connectivity index (χ1n) is 6.52. The number of hydrogen-bond acceptors (Lipinski definition) is 5. The number of pyridine rings is 1. The summed E-state index contributed by atoms with van der Waals surface area (Å²) in [5, 5.41) is 17.9. The Morgan fingerprint density at radius 1 is 1.10 bits per heavy atom. The second-order valence-electron chi connectivity index (χ2n) is 4.44. The molecule has 0 saturated carbocycles. The van der Waals surface area contributed by atoms with Crippen LogP contribution in [0.1, 0.15) is 23.1 Å². The van der Waals surface area contributed by atoms with E-state index < -0.39 is 0 Å². The average Bonchev–Trinajstić information content (AvgIpc) is 2.52. The van der Waals surface area contributed by atoms with Crippen LogP contribution in [0.3, 0.4) is 0 Å². The molecule has 0 unspecified atom stereocenters. The van der Waals surface area contributed by atoms with Crippen LogP contribution in [-0.4, -0.2) is 11.6 Å². The predicted octanol–water partition coefficient (Wildman–Crippen LogP) is 2.42. The summed E-state index contributed by atoms with van der Waals surface area (Å²) in [7, 11) is 0. The Morgan fingerprint density at radius 3 is 2.48 bits per heavy atom. The van der Waals surface area contributed by atoms with E-state index >= 15 is 0 Å². The van der Waals surface area contributed by atoms with Gasteiger partial charge in [0, 0.05) is 0 Å². The highest BCUT2D eigenvalue weighted by molar-refractivity contribution is 5.55. The van der Waals surface area contributed by atoms with Crippen molar-refractivity contribution in [3.8, 4) is 18.0 Å². The zero-order valence-corrected chi connectivity index (χ0v) is 11.4. The molecule has 0 aliphatic rings. The van der Waals surface area contributed by atoms with Gasteiger partial charge in [0.25, 0.3) is 0 Å². The molecule has 0 aliphatic heterocycles. The van der Waals surface area contributed by atoms with Crippen LogP contribution >= 0.6 is 0 Å². The largest absolute Gasteiger partial charge is 0.477 e. The highest BCUT2D eigenvalue weighted by Gasteiger charge is 2.10. The van der Waals surface area contributed by atoms with E-state index in [0.29, 0.717) is 6.61 Å². The fraction of sp³-hybridized carbons (Fsp3) is 0.188. The molecule has 0 radical (unpaired) electrons. The Kier molecular flexibility index (Phi) is 4.74. The summed E-state index contributed by atoms with van der Waals surface area (Å²) in [6.07, 6.45) is 1.69. The van der Waals surface area contributed by atoms with Gasteiger partial charge in [0.05, 0.1) is 12.2 Å². The molecule has 21 heavy (non-hydrogen) atoms. The lowest BCUT2D eigenvalue weighted by Crippen LogP contribution is -2.05. The van der Waals surface area contributed by atoms with Gasteiger partial charge in [-0.15, -0.1) is 0 Å². The van der Waals surface area contributed by atoms with E-state index in [1.807, 2.05) is 30.3 Å². The van der Waals surface area contributed by atoms with Crippen molar-refractivity contribution >= 4 is 5.82 Å². The molecule has 0 amide bonds. The molecular weight excluding hydrogens is 264 g/mol. The normalized spacial score (nSPS) is 9.62. The zero-order valence-electron chi connectivity index (χ0n) is 11.4. The van der Waals surface area contributed by atoms with E-state index in [9.17, 15) is 0 Å². The van der Waals surface area contributed by atoms with Gasteiger partial charge in [-0.05, 0) is 24.5 Å². The number of nitriles is 2. The van der Waals surface area contributed by atoms with Crippen molar-refractivity contribution in [1.29, 1.82) is 10.5 Å². The number of ether oxygens (including phenoxy) is 1. The Morgan fingerprint density at radius 2 is 1.81 bits per heavy atom. The van der Waals surface area contributed by atoms with Crippen LogP contribution in [0.5, 0.6) is 5.88 Å². The van der Waals surface area contributed by atoms with Gasteiger partial charge in [-0.3, -0.25) is 0 Å². The molecule has 0 spiro atoms. The van der Waals surface area contributed by atoms with Crippen LogP contribution in [0.4, 0.5) is 5.82 Å². The lowest BCUT2D eigenvalue weighted by atomic mass is 10.1. The van der Waals surface area contributed by atoms with Crippen molar-refractivity contribution in [2.45, 2.75) is 12.8 Å². The number of rotatable bonds is 5. The predicted molar refractivity (Wildman–Crippen MR) is 78.3 cm³/mol. The number of nitrogens with two attached hydrogens (primary N) is 1. The van der Waals surface area contributed by atoms with E-state index in [2.05, 4.69) is 17.1 Å². The molecule has 0 saturated heterocycles. The third kappa shape index (κ3) is 3.71. The summed E-state index contributed by atoms with van der Waals surface area (Å²) < 4.78 is 5.51. The van der Waals surface area contributed by atoms with Crippen LogP contribution in [0, 0.1) is 22.7 Å². The van der Waals surface area contributed by atoms with E-state index in [1.165, 1.54) is 11.6 Å². The molecule has 2 aromatic rings. The molecule has 0 atom stereocenters. The van der Waals surface area contributed by atoms with Gasteiger partial charge in [0.15, 0.2) is 0 Å². The summed E-state index contributed by atoms with van der Waals surface area (Å²) in [4.78, 5) is 3.97. The standard InChI is InChI=1S/C16H14N4O/c17-10-13-9-14(11-18)16(20-15(13)19)21-8-4-7-12-5-2-1-3-6-12/h1-3,5-6,9H,4,7-8H2,(H2,19,20). The van der Waals surface area contributed by atoms with Gasteiger partial charge in [0.1, 0.15) is 23.5 Å². The van der Waals surface area contributed by atoms with Crippen molar-refractivity contribution in [2.24, 2.45) is 0 Å². The topological polar surface area (TPSA) is 95.7 Å². The molecule has 1 aromatic heterocycles. The van der Waals surface area contributed by atoms with E-state index in [1.54, 1.807) is 0 Å². The quantitative estimate of drug-likeness (QED) is 0.847. The van der Waals surface area contributed by atoms with Crippen molar-refractivity contribution in [1.82, 2.24) is 4.98 Å². The minimum atomic E-state index is 0.0783. The number of benzene rings is 1. The third-order valence-electron chi connectivity index (χ3n) is 2.95. The Hall–Kier alpha value is -3.05. The number of anilines is 1. The highest BCUT2D eigenvalue weighted by atomic mass is 16.5. The average molecular weight is 278 g/mol. The number of hydrogen-bond donors (Lipinski definition) is 1. The van der Waals surface area contributed by atoms with Crippen LogP contribution in [0.25, 0.3) is 0 Å². The molecule has 0 fully saturated rings. The van der Waals surface area contributed by atoms with Gasteiger partial charge in [-0.1, -0.05) is 30.3 Å². The van der Waals surface area contributed by atoms with Crippen molar-refractivity contribution in [2.75, 3.05) is 12.3 Å². The van der Waals surface area contributed by atoms with E-state index in [4.69, 9.17) is 21.0 Å². The minimum Gasteiger partial charge on any atom is -0.477 e. The molecule has 1 aromatic carbocycles. The summed E-state index contributed by atoms with van der Waals surface area (Å²) >= 11 is 0. The Labute approximate surface area is 123 Å². The first-order chi connectivity index (χ1) is 10.2. The molecule has 2 rings (SSSR count). The summed E-state index contributed by atoms with van der Waals surface area (Å²) in [5.41, 5.74) is 7.26. The number of nitrogens with zero attached hydrogens (tertiary/aromatic N) is 3. The summed E-state index contributed by atoms with van der Waals surface area (Å²) in [6, 6.07) is 15.3. The second kappa shape index (κ2) is 6.93. The van der Waals surface area contributed by atoms with Gasteiger partial charge < -0.3 is 10.5 Å². The zero-order chi connectivity index (χ0) is 15.1. The third-order valence-corrected chi connectivity index (χ3v) is 2.95. The van der Waals surface area contributed by atoms with Crippen molar-refractivity contribution in [3.05, 3.63) is 53.1 Å². The van der Waals surface area contributed by atoms with Crippen molar-refractivity contribution in [3.63, 3.8) is 0 Å². The molecule has 2 N–H and O–H groups in total. The van der Waals surface area contributed by atoms with Gasteiger partial charge in [0.2, 0.25) is 5.88 Å². The van der Waals surface area contributed by atoms with E-state index in [0.717, 1.165) is 12.8 Å². The van der Waals surface area contributed by atoms with Gasteiger partial charge in [-0.25, -0.2) is 0 Å². The molecule has 5 heteroatoms. The first-order valence-corrected chi connectivity index (χ1v) is 6.52. The molecule has 0 aliphatic carbocycles. The maximum atomic E-state index is 9.04. The van der Waals surface area contributed by atoms with Gasteiger partial charge >= 0.3 is 0 Å².